The molecule has 0 radical (unpaired) electrons. The van der Waals surface area contributed by atoms with E-state index in [2.05, 4.69) is 4.74 Å². The Balaban J connectivity index is 1.99. The molecule has 2 aromatic carbocycles. The fourth-order valence-electron chi connectivity index (χ4n) is 2.57. The van der Waals surface area contributed by atoms with Crippen LogP contribution in [0.25, 0.3) is 0 Å². The van der Waals surface area contributed by atoms with Crippen molar-refractivity contribution in [2.45, 2.75) is 36.7 Å². The van der Waals surface area contributed by atoms with Gasteiger partial charge in [0.2, 0.25) is 10.0 Å². The Labute approximate surface area is 148 Å². The molecule has 0 aliphatic heterocycles. The van der Waals surface area contributed by atoms with Crippen LogP contribution < -0.4 is 4.74 Å². The maximum absolute atomic E-state index is 13.9. The smallest absolute Gasteiger partial charge is 0.404 e. The summed E-state index contributed by atoms with van der Waals surface area (Å²) >= 11 is 0. The highest BCUT2D eigenvalue weighted by Gasteiger charge is 2.41. The van der Waals surface area contributed by atoms with E-state index in [9.17, 15) is 26.0 Å². The number of para-hydroxylation sites is 1. The normalized spacial score (nSPS) is 15.3. The fraction of sp³-hybridized carbons (Fsp3) is 0.294. The molecule has 0 amide bonds. The molecule has 4 nitrogen and oxygen atoms in total. The van der Waals surface area contributed by atoms with Crippen LogP contribution in [0.5, 0.6) is 5.75 Å². The molecule has 9 heteroatoms. The first-order valence-corrected chi connectivity index (χ1v) is 9.22. The molecule has 0 aromatic heterocycles. The maximum Gasteiger partial charge on any atom is 0.573 e. The van der Waals surface area contributed by atoms with Gasteiger partial charge in [0.1, 0.15) is 16.5 Å². The molecule has 0 bridgehead atoms. The van der Waals surface area contributed by atoms with Crippen LogP contribution >= 0.6 is 0 Å². The van der Waals surface area contributed by atoms with Crippen molar-refractivity contribution < 1.29 is 30.7 Å². The third-order valence-electron chi connectivity index (χ3n) is 3.90. The predicted octanol–water partition coefficient (Wildman–Crippen LogP) is 4.08. The minimum atomic E-state index is -5.03. The van der Waals surface area contributed by atoms with Crippen LogP contribution in [0.1, 0.15) is 18.4 Å². The Bertz CT molecular complexity index is 895. The molecule has 0 unspecified atom stereocenters. The van der Waals surface area contributed by atoms with Crippen LogP contribution in [0, 0.1) is 5.82 Å². The number of hydrogen-bond donors (Lipinski definition) is 0. The van der Waals surface area contributed by atoms with Gasteiger partial charge in [0.05, 0.1) is 0 Å². The van der Waals surface area contributed by atoms with Gasteiger partial charge in [-0.2, -0.15) is 4.31 Å². The zero-order valence-electron chi connectivity index (χ0n) is 13.4. The highest BCUT2D eigenvalue weighted by atomic mass is 32.2. The highest BCUT2D eigenvalue weighted by Crippen LogP contribution is 2.37. The summed E-state index contributed by atoms with van der Waals surface area (Å²) in [5.74, 6) is -1.38. The summed E-state index contributed by atoms with van der Waals surface area (Å²) in [5, 5.41) is 0. The molecular formula is C17H15F4NO3S. The predicted molar refractivity (Wildman–Crippen MR) is 85.3 cm³/mol. The summed E-state index contributed by atoms with van der Waals surface area (Å²) in [6.07, 6.45) is -3.90. The quantitative estimate of drug-likeness (QED) is 0.700. The van der Waals surface area contributed by atoms with Gasteiger partial charge in [0, 0.05) is 18.2 Å². The lowest BCUT2D eigenvalue weighted by molar-refractivity contribution is -0.275. The Morgan fingerprint density at radius 3 is 2.27 bits per heavy atom. The van der Waals surface area contributed by atoms with Gasteiger partial charge in [-0.1, -0.05) is 30.3 Å². The molecule has 1 fully saturated rings. The molecular weight excluding hydrogens is 374 g/mol. The van der Waals surface area contributed by atoms with Crippen molar-refractivity contribution in [2.24, 2.45) is 0 Å². The molecule has 1 aliphatic carbocycles. The zero-order chi connectivity index (χ0) is 18.9. The van der Waals surface area contributed by atoms with Gasteiger partial charge in [-0.25, -0.2) is 12.8 Å². The van der Waals surface area contributed by atoms with Crippen molar-refractivity contribution in [1.82, 2.24) is 4.31 Å². The first kappa shape index (κ1) is 18.7. The van der Waals surface area contributed by atoms with Gasteiger partial charge in [-0.3, -0.25) is 0 Å². The van der Waals surface area contributed by atoms with Gasteiger partial charge in [-0.15, -0.1) is 13.2 Å². The molecule has 0 spiro atoms. The highest BCUT2D eigenvalue weighted by molar-refractivity contribution is 7.89. The molecule has 1 aliphatic rings. The summed E-state index contributed by atoms with van der Waals surface area (Å²) in [4.78, 5) is -0.597. The molecule has 3 rings (SSSR count). The summed E-state index contributed by atoms with van der Waals surface area (Å²) in [7, 11) is -4.31. The van der Waals surface area contributed by atoms with E-state index in [0.717, 1.165) is 16.4 Å². The first-order valence-electron chi connectivity index (χ1n) is 7.78. The van der Waals surface area contributed by atoms with Crippen molar-refractivity contribution in [3.05, 3.63) is 59.9 Å². The van der Waals surface area contributed by atoms with E-state index in [1.807, 2.05) is 0 Å². The number of hydrogen-bond acceptors (Lipinski definition) is 3. The average Bonchev–Trinajstić information content (AvgIpc) is 3.37. The van der Waals surface area contributed by atoms with Crippen LogP contribution in [0.4, 0.5) is 17.6 Å². The van der Waals surface area contributed by atoms with Crippen LogP contribution in [-0.2, 0) is 16.6 Å². The molecule has 26 heavy (non-hydrogen) atoms. The number of sulfonamides is 1. The number of benzene rings is 2. The van der Waals surface area contributed by atoms with Gasteiger partial charge >= 0.3 is 6.36 Å². The lowest BCUT2D eigenvalue weighted by atomic mass is 10.2. The number of rotatable bonds is 6. The number of ether oxygens (including phenoxy) is 1. The van der Waals surface area contributed by atoms with E-state index in [1.165, 1.54) is 30.3 Å². The summed E-state index contributed by atoms with van der Waals surface area (Å²) in [6.45, 7) is -0.264. The lowest BCUT2D eigenvalue weighted by Gasteiger charge is -2.23. The van der Waals surface area contributed by atoms with Crippen LogP contribution in [-0.4, -0.2) is 25.1 Å². The average molecular weight is 389 g/mol. The van der Waals surface area contributed by atoms with E-state index in [1.54, 1.807) is 6.07 Å². The van der Waals surface area contributed by atoms with Crippen molar-refractivity contribution >= 4 is 10.0 Å². The third kappa shape index (κ3) is 4.16. The van der Waals surface area contributed by atoms with E-state index >= 15 is 0 Å². The Kier molecular flexibility index (Phi) is 4.94. The van der Waals surface area contributed by atoms with Crippen molar-refractivity contribution in [3.8, 4) is 5.75 Å². The van der Waals surface area contributed by atoms with E-state index in [4.69, 9.17) is 0 Å². The van der Waals surface area contributed by atoms with Crippen LogP contribution in [0.15, 0.2) is 53.4 Å². The third-order valence-corrected chi connectivity index (χ3v) is 5.84. The zero-order valence-corrected chi connectivity index (χ0v) is 14.2. The first-order chi connectivity index (χ1) is 12.2. The molecule has 0 heterocycles. The van der Waals surface area contributed by atoms with E-state index < -0.39 is 32.8 Å². The molecule has 1 saturated carbocycles. The van der Waals surface area contributed by atoms with Crippen LogP contribution in [0.2, 0.25) is 0 Å². The second-order valence-electron chi connectivity index (χ2n) is 5.87. The van der Waals surface area contributed by atoms with Gasteiger partial charge in [0.25, 0.3) is 0 Å². The molecule has 0 saturated heterocycles. The largest absolute Gasteiger partial charge is 0.573 e. The minimum Gasteiger partial charge on any atom is -0.404 e. The second kappa shape index (κ2) is 6.88. The molecule has 140 valence electrons. The number of halogens is 4. The molecule has 0 atom stereocenters. The summed E-state index contributed by atoms with van der Waals surface area (Å²) in [5.41, 5.74) is 0.150. The SMILES string of the molecule is O=S(=O)(c1ccccc1OC(F)(F)F)N(Cc1ccccc1F)C1CC1. The fourth-order valence-corrected chi connectivity index (χ4v) is 4.35. The van der Waals surface area contributed by atoms with E-state index in [0.29, 0.717) is 12.8 Å². The lowest BCUT2D eigenvalue weighted by Crippen LogP contribution is -2.33. The summed E-state index contributed by atoms with van der Waals surface area (Å²) in [6, 6.07) is 9.85. The van der Waals surface area contributed by atoms with E-state index in [-0.39, 0.29) is 18.2 Å². The summed E-state index contributed by atoms with van der Waals surface area (Å²) < 4.78 is 82.6. The van der Waals surface area contributed by atoms with Crippen LogP contribution in [0.3, 0.4) is 0 Å². The Morgan fingerprint density at radius 1 is 1.04 bits per heavy atom. The van der Waals surface area contributed by atoms with Gasteiger partial charge in [0.15, 0.2) is 0 Å². The van der Waals surface area contributed by atoms with Gasteiger partial charge in [-0.05, 0) is 31.0 Å². The van der Waals surface area contributed by atoms with Crippen molar-refractivity contribution in [1.29, 1.82) is 0 Å². The molecule has 0 N–H and O–H groups in total. The second-order valence-corrected chi connectivity index (χ2v) is 7.73. The van der Waals surface area contributed by atoms with Gasteiger partial charge < -0.3 is 4.74 Å². The number of nitrogens with zero attached hydrogens (tertiary/aromatic N) is 1. The Hall–Kier alpha value is -2.13. The Morgan fingerprint density at radius 2 is 1.65 bits per heavy atom. The van der Waals surface area contributed by atoms with Crippen molar-refractivity contribution in [2.75, 3.05) is 0 Å². The number of alkyl halides is 3. The monoisotopic (exact) mass is 389 g/mol. The standard InChI is InChI=1S/C17H15F4NO3S/c18-14-6-2-1-5-12(14)11-22(13-9-10-13)26(23,24)16-8-4-3-7-15(16)25-17(19,20)21/h1-8,13H,9-11H2. The maximum atomic E-state index is 13.9. The van der Waals surface area contributed by atoms with Crippen molar-refractivity contribution in [3.63, 3.8) is 0 Å². The topological polar surface area (TPSA) is 46.6 Å². The minimum absolute atomic E-state index is 0.150. The molecule has 2 aromatic rings.